The van der Waals surface area contributed by atoms with Crippen molar-refractivity contribution in [2.75, 3.05) is 13.2 Å². The minimum absolute atomic E-state index is 0.188. The van der Waals surface area contributed by atoms with Crippen LogP contribution >= 0.6 is 0 Å². The molecule has 1 saturated carbocycles. The molecule has 0 aromatic carbocycles. The molecule has 2 rings (SSSR count). The number of aliphatic hydroxyl groups is 1. The first-order valence-corrected chi connectivity index (χ1v) is 10.8. The number of rotatable bonds is 3. The van der Waals surface area contributed by atoms with E-state index in [-0.39, 0.29) is 5.04 Å². The highest BCUT2D eigenvalue weighted by molar-refractivity contribution is 6.74. The molecule has 1 N–H and O–H groups in total. The van der Waals surface area contributed by atoms with Crippen LogP contribution in [-0.4, -0.2) is 37.8 Å². The molecular weight excluding hydrogens is 268 g/mol. The van der Waals surface area contributed by atoms with Crippen LogP contribution in [0.5, 0.6) is 0 Å². The fraction of sp³-hybridized carbons (Fsp3) is 1.00. The Labute approximate surface area is 125 Å². The minimum Gasteiger partial charge on any atom is -0.414 e. The van der Waals surface area contributed by atoms with Gasteiger partial charge in [-0.25, -0.2) is 0 Å². The molecule has 0 radical (unpaired) electrons. The van der Waals surface area contributed by atoms with Crippen molar-refractivity contribution < 1.29 is 14.3 Å². The second kappa shape index (κ2) is 4.80. The van der Waals surface area contributed by atoms with Gasteiger partial charge < -0.3 is 14.3 Å². The first-order valence-electron chi connectivity index (χ1n) is 7.93. The lowest BCUT2D eigenvalue weighted by Crippen LogP contribution is -2.57. The summed E-state index contributed by atoms with van der Waals surface area (Å²) in [5.74, 6) is 0.953. The fourth-order valence-corrected chi connectivity index (χ4v) is 4.50. The van der Waals surface area contributed by atoms with Gasteiger partial charge in [0.2, 0.25) is 0 Å². The van der Waals surface area contributed by atoms with E-state index >= 15 is 0 Å². The van der Waals surface area contributed by atoms with Gasteiger partial charge in [0.05, 0.1) is 18.8 Å². The molecule has 118 valence electrons. The molecule has 4 atom stereocenters. The van der Waals surface area contributed by atoms with Crippen LogP contribution in [0.15, 0.2) is 0 Å². The normalized spacial score (nSPS) is 42.0. The van der Waals surface area contributed by atoms with E-state index in [1.54, 1.807) is 0 Å². The van der Waals surface area contributed by atoms with Gasteiger partial charge in [0.15, 0.2) is 8.32 Å². The SMILES string of the molecule is C[C@H]1CO[C@]2(CO[Si](C)(C)C(C)(C)C)[C@H]1CC[C@@]2(C)O. The second-order valence-corrected chi connectivity index (χ2v) is 13.5. The third kappa shape index (κ3) is 2.38. The van der Waals surface area contributed by atoms with Crippen molar-refractivity contribution in [3.63, 3.8) is 0 Å². The van der Waals surface area contributed by atoms with Gasteiger partial charge in [-0.15, -0.1) is 0 Å². The number of hydrogen-bond acceptors (Lipinski definition) is 3. The van der Waals surface area contributed by atoms with Crippen LogP contribution in [0.3, 0.4) is 0 Å². The molecule has 0 aromatic rings. The Morgan fingerprint density at radius 2 is 1.95 bits per heavy atom. The van der Waals surface area contributed by atoms with Crippen molar-refractivity contribution in [1.82, 2.24) is 0 Å². The van der Waals surface area contributed by atoms with Crippen LogP contribution in [0.25, 0.3) is 0 Å². The molecule has 0 spiro atoms. The lowest BCUT2D eigenvalue weighted by Gasteiger charge is -2.44. The Morgan fingerprint density at radius 1 is 1.35 bits per heavy atom. The molecule has 1 aliphatic carbocycles. The summed E-state index contributed by atoms with van der Waals surface area (Å²) in [5.41, 5.74) is -1.24. The molecular formula is C16H32O3Si. The molecule has 0 amide bonds. The highest BCUT2D eigenvalue weighted by Crippen LogP contribution is 2.54. The monoisotopic (exact) mass is 300 g/mol. The summed E-state index contributed by atoms with van der Waals surface area (Å²) in [6.07, 6.45) is 1.87. The predicted octanol–water partition coefficient (Wildman–Crippen LogP) is 3.57. The first kappa shape index (κ1) is 16.5. The molecule has 2 fully saturated rings. The molecule has 20 heavy (non-hydrogen) atoms. The molecule has 0 bridgehead atoms. The Kier molecular flexibility index (Phi) is 3.95. The third-order valence-corrected chi connectivity index (χ3v) is 10.7. The van der Waals surface area contributed by atoms with Gasteiger partial charge in [0, 0.05) is 0 Å². The maximum absolute atomic E-state index is 10.8. The van der Waals surface area contributed by atoms with E-state index in [1.807, 2.05) is 6.92 Å². The average Bonchev–Trinajstić information content (AvgIpc) is 2.73. The summed E-state index contributed by atoms with van der Waals surface area (Å²) >= 11 is 0. The number of fused-ring (bicyclic) bond motifs is 1. The van der Waals surface area contributed by atoms with Gasteiger partial charge in [-0.3, -0.25) is 0 Å². The first-order chi connectivity index (χ1) is 8.93. The van der Waals surface area contributed by atoms with Gasteiger partial charge in [-0.2, -0.15) is 0 Å². The summed E-state index contributed by atoms with van der Waals surface area (Å²) in [6.45, 7) is 16.7. The van der Waals surface area contributed by atoms with E-state index in [9.17, 15) is 5.11 Å². The Balaban J connectivity index is 2.18. The summed E-state index contributed by atoms with van der Waals surface area (Å²) < 4.78 is 12.6. The van der Waals surface area contributed by atoms with Gasteiger partial charge in [-0.05, 0) is 49.7 Å². The van der Waals surface area contributed by atoms with E-state index in [1.165, 1.54) is 0 Å². The molecule has 0 unspecified atom stereocenters. The van der Waals surface area contributed by atoms with Crippen LogP contribution in [0, 0.1) is 11.8 Å². The van der Waals surface area contributed by atoms with Crippen LogP contribution < -0.4 is 0 Å². The predicted molar refractivity (Wildman–Crippen MR) is 84.3 cm³/mol. The molecule has 1 saturated heterocycles. The van der Waals surface area contributed by atoms with Crippen molar-refractivity contribution in [2.45, 2.75) is 76.8 Å². The zero-order valence-corrected chi connectivity index (χ0v) is 15.2. The quantitative estimate of drug-likeness (QED) is 0.810. The van der Waals surface area contributed by atoms with Crippen molar-refractivity contribution >= 4 is 8.32 Å². The highest BCUT2D eigenvalue weighted by atomic mass is 28.4. The van der Waals surface area contributed by atoms with Crippen molar-refractivity contribution in [3.8, 4) is 0 Å². The van der Waals surface area contributed by atoms with Gasteiger partial charge >= 0.3 is 0 Å². The van der Waals surface area contributed by atoms with Crippen LogP contribution in [0.4, 0.5) is 0 Å². The minimum atomic E-state index is -1.81. The summed E-state index contributed by atoms with van der Waals surface area (Å²) in [7, 11) is -1.81. The molecule has 2 aliphatic rings. The molecule has 1 heterocycles. The van der Waals surface area contributed by atoms with Gasteiger partial charge in [0.1, 0.15) is 5.60 Å². The number of hydrogen-bond donors (Lipinski definition) is 1. The Hall–Kier alpha value is 0.0969. The van der Waals surface area contributed by atoms with Crippen LogP contribution in [0.1, 0.15) is 47.5 Å². The molecule has 3 nitrogen and oxygen atoms in total. The van der Waals surface area contributed by atoms with Crippen LogP contribution in [-0.2, 0) is 9.16 Å². The topological polar surface area (TPSA) is 38.7 Å². The van der Waals surface area contributed by atoms with Gasteiger partial charge in [0.25, 0.3) is 0 Å². The maximum Gasteiger partial charge on any atom is 0.192 e. The summed E-state index contributed by atoms with van der Waals surface area (Å²) in [6, 6.07) is 0. The van der Waals surface area contributed by atoms with E-state index in [0.717, 1.165) is 19.4 Å². The largest absolute Gasteiger partial charge is 0.414 e. The Bertz CT molecular complexity index is 372. The Morgan fingerprint density at radius 3 is 2.50 bits per heavy atom. The van der Waals surface area contributed by atoms with Gasteiger partial charge in [-0.1, -0.05) is 27.7 Å². The second-order valence-electron chi connectivity index (χ2n) is 8.65. The lowest BCUT2D eigenvalue weighted by molar-refractivity contribution is -0.161. The smallest absolute Gasteiger partial charge is 0.192 e. The average molecular weight is 301 g/mol. The number of ether oxygens (including phenoxy) is 1. The standard InChI is InChI=1S/C16H32O3Si/c1-12-10-18-16(13(12)8-9-15(16,5)17)11-19-20(6,7)14(2,3)4/h12-13,17H,8-11H2,1-7H3/t12-,13-,15+,16+/m0/s1. The summed E-state index contributed by atoms with van der Waals surface area (Å²) in [4.78, 5) is 0. The third-order valence-electron chi connectivity index (χ3n) is 6.20. The summed E-state index contributed by atoms with van der Waals surface area (Å²) in [5, 5.41) is 11.0. The molecule has 4 heteroatoms. The fourth-order valence-electron chi connectivity index (χ4n) is 3.49. The van der Waals surface area contributed by atoms with Crippen molar-refractivity contribution in [2.24, 2.45) is 11.8 Å². The van der Waals surface area contributed by atoms with E-state index in [2.05, 4.69) is 40.8 Å². The van der Waals surface area contributed by atoms with E-state index in [0.29, 0.717) is 18.4 Å². The maximum atomic E-state index is 10.8. The molecule has 1 aliphatic heterocycles. The highest BCUT2D eigenvalue weighted by Gasteiger charge is 2.63. The zero-order chi connectivity index (χ0) is 15.4. The van der Waals surface area contributed by atoms with Crippen molar-refractivity contribution in [1.29, 1.82) is 0 Å². The van der Waals surface area contributed by atoms with Crippen molar-refractivity contribution in [3.05, 3.63) is 0 Å². The lowest BCUT2D eigenvalue weighted by atomic mass is 9.79. The van der Waals surface area contributed by atoms with Crippen LogP contribution in [0.2, 0.25) is 18.1 Å². The van der Waals surface area contributed by atoms with E-state index in [4.69, 9.17) is 9.16 Å². The van der Waals surface area contributed by atoms with E-state index < -0.39 is 19.5 Å². The molecule has 0 aromatic heterocycles. The zero-order valence-electron chi connectivity index (χ0n) is 14.2.